The number of ether oxygens (including phenoxy) is 1. The second-order valence-corrected chi connectivity index (χ2v) is 6.43. The van der Waals surface area contributed by atoms with Crippen molar-refractivity contribution in [1.82, 2.24) is 20.1 Å². The van der Waals surface area contributed by atoms with E-state index in [1.807, 2.05) is 42.2 Å². The molecule has 2 aliphatic rings. The second kappa shape index (κ2) is 6.55. The van der Waals surface area contributed by atoms with Gasteiger partial charge in [0.25, 0.3) is 5.91 Å². The zero-order chi connectivity index (χ0) is 17.2. The van der Waals surface area contributed by atoms with Crippen LogP contribution in [0.15, 0.2) is 42.2 Å². The predicted molar refractivity (Wildman–Crippen MR) is 93.9 cm³/mol. The fourth-order valence-corrected chi connectivity index (χ4v) is 3.33. The first-order chi connectivity index (χ1) is 12.2. The van der Waals surface area contributed by atoms with Crippen molar-refractivity contribution in [2.24, 2.45) is 0 Å². The predicted octanol–water partition coefficient (Wildman–Crippen LogP) is 2.81. The molecule has 1 saturated heterocycles. The molecule has 2 aliphatic heterocycles. The van der Waals surface area contributed by atoms with Crippen molar-refractivity contribution < 1.29 is 9.53 Å². The van der Waals surface area contributed by atoms with Gasteiger partial charge in [0.2, 0.25) is 0 Å². The molecule has 0 radical (unpaired) electrons. The number of likely N-dealkylation sites (tertiary alicyclic amines) is 1. The molecule has 1 fully saturated rings. The van der Waals surface area contributed by atoms with Gasteiger partial charge in [0, 0.05) is 30.1 Å². The number of aromatic amines is 1. The van der Waals surface area contributed by atoms with Crippen LogP contribution in [0.25, 0.3) is 6.08 Å². The van der Waals surface area contributed by atoms with Gasteiger partial charge >= 0.3 is 0 Å². The minimum Gasteiger partial charge on any atom is -0.464 e. The zero-order valence-electron chi connectivity index (χ0n) is 14.1. The molecule has 25 heavy (non-hydrogen) atoms. The number of para-hydroxylation sites is 1. The number of rotatable bonds is 2. The van der Waals surface area contributed by atoms with Crippen LogP contribution in [-0.4, -0.2) is 39.1 Å². The summed E-state index contributed by atoms with van der Waals surface area (Å²) in [6.45, 7) is 3.29. The Bertz CT molecular complexity index is 853. The summed E-state index contributed by atoms with van der Waals surface area (Å²) >= 11 is 0. The highest BCUT2D eigenvalue weighted by molar-refractivity contribution is 6.01. The molecular formula is C19H20N4O2. The van der Waals surface area contributed by atoms with E-state index in [9.17, 15) is 4.79 Å². The number of nitrogens with zero attached hydrogens (tertiary/aromatic N) is 3. The number of aryl methyl sites for hydroxylation is 1. The third-order valence-corrected chi connectivity index (χ3v) is 4.61. The van der Waals surface area contributed by atoms with E-state index in [-0.39, 0.29) is 11.8 Å². The Labute approximate surface area is 146 Å². The Hall–Kier alpha value is -2.89. The van der Waals surface area contributed by atoms with Crippen LogP contribution < -0.4 is 4.74 Å². The second-order valence-electron chi connectivity index (χ2n) is 6.43. The quantitative estimate of drug-likeness (QED) is 0.915. The summed E-state index contributed by atoms with van der Waals surface area (Å²) < 4.78 is 5.58. The zero-order valence-corrected chi connectivity index (χ0v) is 14.1. The summed E-state index contributed by atoms with van der Waals surface area (Å²) in [6, 6.07) is 7.70. The monoisotopic (exact) mass is 336 g/mol. The maximum absolute atomic E-state index is 13.0. The summed E-state index contributed by atoms with van der Waals surface area (Å²) in [4.78, 5) is 19.3. The number of piperidine rings is 1. The fraction of sp³-hybridized carbons (Fsp3) is 0.316. The fourth-order valence-electron chi connectivity index (χ4n) is 3.33. The van der Waals surface area contributed by atoms with Gasteiger partial charge in [0.05, 0.1) is 6.26 Å². The van der Waals surface area contributed by atoms with Gasteiger partial charge in [-0.2, -0.15) is 5.10 Å². The van der Waals surface area contributed by atoms with E-state index < -0.39 is 0 Å². The van der Waals surface area contributed by atoms with E-state index in [4.69, 9.17) is 4.74 Å². The molecule has 1 aromatic heterocycles. The molecule has 0 aliphatic carbocycles. The molecule has 0 bridgehead atoms. The number of benzene rings is 1. The molecule has 4 rings (SSSR count). The van der Waals surface area contributed by atoms with Crippen LogP contribution >= 0.6 is 0 Å². The maximum atomic E-state index is 13.0. The highest BCUT2D eigenvalue weighted by atomic mass is 16.5. The molecule has 1 aromatic carbocycles. The summed E-state index contributed by atoms with van der Waals surface area (Å²) in [5.41, 5.74) is 1.55. The molecule has 6 nitrogen and oxygen atoms in total. The molecular weight excluding hydrogens is 316 g/mol. The average Bonchev–Trinajstić information content (AvgIpc) is 2.96. The molecule has 1 amide bonds. The summed E-state index contributed by atoms with van der Waals surface area (Å²) in [5.74, 6) is 2.57. The summed E-state index contributed by atoms with van der Waals surface area (Å²) in [5, 5.41) is 7.16. The van der Waals surface area contributed by atoms with Gasteiger partial charge in [-0.1, -0.05) is 18.2 Å². The van der Waals surface area contributed by atoms with Crippen molar-refractivity contribution >= 4 is 12.0 Å². The van der Waals surface area contributed by atoms with Crippen LogP contribution in [0.2, 0.25) is 0 Å². The molecule has 2 aromatic rings. The van der Waals surface area contributed by atoms with Crippen LogP contribution in [0, 0.1) is 6.92 Å². The van der Waals surface area contributed by atoms with Crippen molar-refractivity contribution in [3.05, 3.63) is 59.4 Å². The number of aromatic nitrogens is 3. The molecule has 3 heterocycles. The Morgan fingerprint density at radius 1 is 1.36 bits per heavy atom. The Morgan fingerprint density at radius 2 is 2.24 bits per heavy atom. The van der Waals surface area contributed by atoms with Crippen LogP contribution in [0.5, 0.6) is 5.75 Å². The van der Waals surface area contributed by atoms with E-state index in [1.54, 1.807) is 12.3 Å². The van der Waals surface area contributed by atoms with E-state index >= 15 is 0 Å². The van der Waals surface area contributed by atoms with Gasteiger partial charge < -0.3 is 9.64 Å². The van der Waals surface area contributed by atoms with Crippen molar-refractivity contribution in [3.8, 4) is 5.75 Å². The molecule has 6 heteroatoms. The number of carbonyl (C=O) groups excluding carboxylic acids is 1. The molecule has 0 spiro atoms. The number of fused-ring (bicyclic) bond motifs is 1. The number of nitrogens with one attached hydrogen (secondary N) is 1. The minimum absolute atomic E-state index is 0.0218. The standard InChI is InChI=1S/C19H20N4O2/c1-13-20-18(22-21-13)16-6-4-9-23(12-16)19(24)15-8-10-25-17-7-3-2-5-14(17)11-15/h2-3,5,7-8,10-11,16H,4,6,9,12H2,1H3,(H,20,21,22)/t16-/m1/s1. The van der Waals surface area contributed by atoms with Crippen LogP contribution in [-0.2, 0) is 4.79 Å². The number of amides is 1. The number of H-pyrrole nitrogens is 1. The van der Waals surface area contributed by atoms with Gasteiger partial charge in [-0.05, 0) is 38.0 Å². The van der Waals surface area contributed by atoms with Gasteiger partial charge in [0.1, 0.15) is 11.6 Å². The SMILES string of the molecule is Cc1nc([C@@H]2CCCN(C(=O)C3=Cc4ccccc4OC=C3)C2)n[nH]1. The number of hydrogen-bond donors (Lipinski definition) is 1. The Balaban J connectivity index is 1.55. The largest absolute Gasteiger partial charge is 0.464 e. The van der Waals surface area contributed by atoms with Gasteiger partial charge in [-0.25, -0.2) is 4.98 Å². The van der Waals surface area contributed by atoms with Crippen molar-refractivity contribution in [3.63, 3.8) is 0 Å². The topological polar surface area (TPSA) is 71.1 Å². The summed E-state index contributed by atoms with van der Waals surface area (Å²) in [6.07, 6.45) is 7.16. The molecule has 0 unspecified atom stereocenters. The third kappa shape index (κ3) is 3.20. The smallest absolute Gasteiger partial charge is 0.254 e. The van der Waals surface area contributed by atoms with Crippen LogP contribution in [0.3, 0.4) is 0 Å². The number of hydrogen-bond acceptors (Lipinski definition) is 4. The average molecular weight is 336 g/mol. The van der Waals surface area contributed by atoms with Crippen molar-refractivity contribution in [2.75, 3.05) is 13.1 Å². The normalized spacial score (nSPS) is 19.6. The molecule has 128 valence electrons. The van der Waals surface area contributed by atoms with E-state index in [1.165, 1.54) is 0 Å². The lowest BCUT2D eigenvalue weighted by Gasteiger charge is -2.31. The van der Waals surface area contributed by atoms with Gasteiger partial charge in [-0.15, -0.1) is 0 Å². The lowest BCUT2D eigenvalue weighted by molar-refractivity contribution is -0.127. The first kappa shape index (κ1) is 15.6. The van der Waals surface area contributed by atoms with Crippen LogP contribution in [0.4, 0.5) is 0 Å². The van der Waals surface area contributed by atoms with Crippen molar-refractivity contribution in [1.29, 1.82) is 0 Å². The van der Waals surface area contributed by atoms with Crippen LogP contribution in [0.1, 0.15) is 36.0 Å². The first-order valence-corrected chi connectivity index (χ1v) is 8.53. The van der Waals surface area contributed by atoms with Gasteiger partial charge in [0.15, 0.2) is 5.82 Å². The van der Waals surface area contributed by atoms with Gasteiger partial charge in [-0.3, -0.25) is 9.89 Å². The highest BCUT2D eigenvalue weighted by Gasteiger charge is 2.28. The first-order valence-electron chi connectivity index (χ1n) is 8.53. The maximum Gasteiger partial charge on any atom is 0.254 e. The lowest BCUT2D eigenvalue weighted by Crippen LogP contribution is -2.39. The summed E-state index contributed by atoms with van der Waals surface area (Å²) in [7, 11) is 0. The molecule has 1 N–H and O–H groups in total. The molecule has 1 atom stereocenters. The Kier molecular flexibility index (Phi) is 4.09. The Morgan fingerprint density at radius 3 is 3.08 bits per heavy atom. The van der Waals surface area contributed by atoms with Crippen molar-refractivity contribution in [2.45, 2.75) is 25.7 Å². The van der Waals surface area contributed by atoms with E-state index in [0.29, 0.717) is 12.1 Å². The number of carbonyl (C=O) groups is 1. The highest BCUT2D eigenvalue weighted by Crippen LogP contribution is 2.28. The van der Waals surface area contributed by atoms with E-state index in [0.717, 1.165) is 42.3 Å². The lowest BCUT2D eigenvalue weighted by atomic mass is 9.96. The molecule has 0 saturated carbocycles. The third-order valence-electron chi connectivity index (χ3n) is 4.61. The minimum atomic E-state index is 0.0218. The van der Waals surface area contributed by atoms with E-state index in [2.05, 4.69) is 15.2 Å².